The van der Waals surface area contributed by atoms with E-state index in [1.807, 2.05) is 19.9 Å². The minimum atomic E-state index is -3.89. The Kier molecular flexibility index (Phi) is 4.94. The molecule has 3 aromatic rings. The van der Waals surface area contributed by atoms with Crippen LogP contribution in [0.5, 0.6) is 5.75 Å². The number of sulfonamides is 1. The second-order valence-electron chi connectivity index (χ2n) is 6.98. The van der Waals surface area contributed by atoms with Crippen LogP contribution in [0.4, 0.5) is 11.4 Å². The van der Waals surface area contributed by atoms with Crippen LogP contribution in [-0.2, 0) is 21.4 Å². The van der Waals surface area contributed by atoms with Crippen molar-refractivity contribution in [2.45, 2.75) is 32.2 Å². The highest BCUT2D eigenvalue weighted by atomic mass is 32.2. The van der Waals surface area contributed by atoms with Crippen molar-refractivity contribution >= 4 is 27.3 Å². The molecule has 1 aromatic heterocycles. The average molecular weight is 428 g/mol. The Hall–Kier alpha value is -3.40. The van der Waals surface area contributed by atoms with Crippen molar-refractivity contribution in [1.29, 1.82) is 0 Å². The SMILES string of the molecule is Cc1nc(CN2C(=O)COc3ccc(S(=O)(=O)Nc4cccc(C)c4C)cc32)no1. The first-order chi connectivity index (χ1) is 14.2. The summed E-state index contributed by atoms with van der Waals surface area (Å²) in [5.74, 6) is 0.762. The predicted octanol–water partition coefficient (Wildman–Crippen LogP) is 2.72. The lowest BCUT2D eigenvalue weighted by Gasteiger charge is -2.28. The summed E-state index contributed by atoms with van der Waals surface area (Å²) in [5.41, 5.74) is 2.64. The summed E-state index contributed by atoms with van der Waals surface area (Å²) in [7, 11) is -3.89. The van der Waals surface area contributed by atoms with Gasteiger partial charge in [0.25, 0.3) is 15.9 Å². The van der Waals surface area contributed by atoms with Gasteiger partial charge in [-0.1, -0.05) is 17.3 Å². The van der Waals surface area contributed by atoms with Crippen molar-refractivity contribution in [3.63, 3.8) is 0 Å². The van der Waals surface area contributed by atoms with E-state index in [0.29, 0.717) is 28.8 Å². The van der Waals surface area contributed by atoms with Crippen LogP contribution in [0.3, 0.4) is 0 Å². The molecule has 1 amide bonds. The van der Waals surface area contributed by atoms with E-state index in [9.17, 15) is 13.2 Å². The average Bonchev–Trinajstić information content (AvgIpc) is 3.12. The molecule has 0 aliphatic carbocycles. The molecule has 0 unspecified atom stereocenters. The number of benzene rings is 2. The topological polar surface area (TPSA) is 115 Å². The van der Waals surface area contributed by atoms with Crippen LogP contribution in [0.25, 0.3) is 0 Å². The lowest BCUT2D eigenvalue weighted by molar-refractivity contribution is -0.121. The van der Waals surface area contributed by atoms with E-state index < -0.39 is 10.0 Å². The predicted molar refractivity (Wildman–Crippen MR) is 109 cm³/mol. The van der Waals surface area contributed by atoms with Crippen LogP contribution >= 0.6 is 0 Å². The van der Waals surface area contributed by atoms with Crippen LogP contribution in [0.2, 0.25) is 0 Å². The van der Waals surface area contributed by atoms with E-state index in [4.69, 9.17) is 9.26 Å². The van der Waals surface area contributed by atoms with Crippen molar-refractivity contribution in [3.8, 4) is 5.75 Å². The molecule has 10 heteroatoms. The molecular formula is C20H20N4O5S. The van der Waals surface area contributed by atoms with E-state index in [1.165, 1.54) is 23.1 Å². The van der Waals surface area contributed by atoms with Gasteiger partial charge in [-0.2, -0.15) is 4.98 Å². The second-order valence-corrected chi connectivity index (χ2v) is 8.66. The number of fused-ring (bicyclic) bond motifs is 1. The number of aromatic nitrogens is 2. The lowest BCUT2D eigenvalue weighted by Crippen LogP contribution is -2.38. The number of rotatable bonds is 5. The van der Waals surface area contributed by atoms with Gasteiger partial charge < -0.3 is 9.26 Å². The third-order valence-electron chi connectivity index (χ3n) is 4.90. The van der Waals surface area contributed by atoms with Gasteiger partial charge in [-0.05, 0) is 49.2 Å². The minimum absolute atomic E-state index is 0.00903. The highest BCUT2D eigenvalue weighted by molar-refractivity contribution is 7.92. The molecule has 1 aliphatic rings. The molecule has 2 heterocycles. The highest BCUT2D eigenvalue weighted by Crippen LogP contribution is 2.35. The maximum Gasteiger partial charge on any atom is 0.265 e. The Bertz CT molecular complexity index is 1240. The Balaban J connectivity index is 1.69. The van der Waals surface area contributed by atoms with Gasteiger partial charge in [0.2, 0.25) is 5.89 Å². The summed E-state index contributed by atoms with van der Waals surface area (Å²) in [6.45, 7) is 5.29. The number of ether oxygens (including phenoxy) is 1. The number of carbonyl (C=O) groups is 1. The fourth-order valence-electron chi connectivity index (χ4n) is 3.13. The molecule has 2 aromatic carbocycles. The first-order valence-corrected chi connectivity index (χ1v) is 10.7. The normalized spacial score (nSPS) is 13.7. The molecule has 1 aliphatic heterocycles. The van der Waals surface area contributed by atoms with Crippen LogP contribution in [0.15, 0.2) is 45.8 Å². The van der Waals surface area contributed by atoms with Gasteiger partial charge in [-0.15, -0.1) is 0 Å². The zero-order chi connectivity index (χ0) is 21.5. The first-order valence-electron chi connectivity index (χ1n) is 9.20. The lowest BCUT2D eigenvalue weighted by atomic mass is 10.1. The Morgan fingerprint density at radius 3 is 2.70 bits per heavy atom. The van der Waals surface area contributed by atoms with E-state index in [0.717, 1.165) is 11.1 Å². The molecule has 0 atom stereocenters. The number of anilines is 2. The number of carbonyl (C=O) groups excluding carboxylic acids is 1. The van der Waals surface area contributed by atoms with Gasteiger partial charge in [0.1, 0.15) is 5.75 Å². The van der Waals surface area contributed by atoms with E-state index in [-0.39, 0.29) is 24.0 Å². The number of nitrogens with zero attached hydrogens (tertiary/aromatic N) is 3. The third kappa shape index (κ3) is 3.73. The zero-order valence-corrected chi connectivity index (χ0v) is 17.5. The van der Waals surface area contributed by atoms with Crippen molar-refractivity contribution in [1.82, 2.24) is 10.1 Å². The Labute approximate surface area is 173 Å². The smallest absolute Gasteiger partial charge is 0.265 e. The Morgan fingerprint density at radius 2 is 1.97 bits per heavy atom. The van der Waals surface area contributed by atoms with Crippen LogP contribution in [-0.4, -0.2) is 31.1 Å². The fourth-order valence-corrected chi connectivity index (χ4v) is 4.28. The summed E-state index contributed by atoms with van der Waals surface area (Å²) >= 11 is 0. The molecule has 0 spiro atoms. The van der Waals surface area contributed by atoms with Crippen molar-refractivity contribution in [3.05, 3.63) is 59.2 Å². The van der Waals surface area contributed by atoms with Crippen molar-refractivity contribution < 1.29 is 22.5 Å². The molecule has 156 valence electrons. The monoisotopic (exact) mass is 428 g/mol. The molecular weight excluding hydrogens is 408 g/mol. The second kappa shape index (κ2) is 7.45. The van der Waals surface area contributed by atoms with Crippen LogP contribution in [0, 0.1) is 20.8 Å². The van der Waals surface area contributed by atoms with Crippen molar-refractivity contribution in [2.24, 2.45) is 0 Å². The zero-order valence-electron chi connectivity index (χ0n) is 16.7. The van der Waals surface area contributed by atoms with Gasteiger partial charge in [0.05, 0.1) is 22.8 Å². The number of amides is 1. The number of hydrogen-bond acceptors (Lipinski definition) is 7. The summed E-state index contributed by atoms with van der Waals surface area (Å²) in [4.78, 5) is 18.0. The molecule has 30 heavy (non-hydrogen) atoms. The summed E-state index contributed by atoms with van der Waals surface area (Å²) in [6, 6.07) is 9.79. The molecule has 4 rings (SSSR count). The van der Waals surface area contributed by atoms with Crippen LogP contribution in [0.1, 0.15) is 22.8 Å². The number of hydrogen-bond donors (Lipinski definition) is 1. The quantitative estimate of drug-likeness (QED) is 0.664. The maximum atomic E-state index is 13.0. The highest BCUT2D eigenvalue weighted by Gasteiger charge is 2.29. The number of nitrogens with one attached hydrogen (secondary N) is 1. The standard InChI is InChI=1S/C20H20N4O5S/c1-12-5-4-6-16(13(12)2)23-30(26,27)15-7-8-18-17(9-15)24(20(25)11-28-18)10-19-21-14(3)29-22-19/h4-9,23H,10-11H2,1-3H3. The molecule has 9 nitrogen and oxygen atoms in total. The summed E-state index contributed by atoms with van der Waals surface area (Å²) in [6.07, 6.45) is 0. The molecule has 0 bridgehead atoms. The first kappa shape index (κ1) is 19.9. The number of aryl methyl sites for hydroxylation is 2. The van der Waals surface area contributed by atoms with E-state index >= 15 is 0 Å². The van der Waals surface area contributed by atoms with Crippen LogP contribution < -0.4 is 14.4 Å². The van der Waals surface area contributed by atoms with Gasteiger partial charge in [-0.25, -0.2) is 8.42 Å². The van der Waals surface area contributed by atoms with E-state index in [1.54, 1.807) is 19.1 Å². The molecule has 0 radical (unpaired) electrons. The fraction of sp³-hybridized carbons (Fsp3) is 0.250. The van der Waals surface area contributed by atoms with Crippen molar-refractivity contribution in [2.75, 3.05) is 16.2 Å². The maximum absolute atomic E-state index is 13.0. The largest absolute Gasteiger partial charge is 0.482 e. The molecule has 0 fully saturated rings. The van der Waals surface area contributed by atoms with Gasteiger partial charge in [0, 0.05) is 6.92 Å². The molecule has 0 saturated heterocycles. The van der Waals surface area contributed by atoms with Gasteiger partial charge in [0.15, 0.2) is 12.4 Å². The minimum Gasteiger partial charge on any atom is -0.482 e. The summed E-state index contributed by atoms with van der Waals surface area (Å²) in [5, 5.41) is 3.81. The van der Waals surface area contributed by atoms with Gasteiger partial charge >= 0.3 is 0 Å². The molecule has 0 saturated carbocycles. The summed E-state index contributed by atoms with van der Waals surface area (Å²) < 4.78 is 39.0. The van der Waals surface area contributed by atoms with E-state index in [2.05, 4.69) is 14.9 Å². The third-order valence-corrected chi connectivity index (χ3v) is 6.26. The van der Waals surface area contributed by atoms with Gasteiger partial charge in [-0.3, -0.25) is 14.4 Å². The molecule has 1 N–H and O–H groups in total. The Morgan fingerprint density at radius 1 is 1.17 bits per heavy atom.